The summed E-state index contributed by atoms with van der Waals surface area (Å²) in [5.74, 6) is 0. The van der Waals surface area contributed by atoms with Crippen molar-refractivity contribution < 1.29 is 4.79 Å². The van der Waals surface area contributed by atoms with Crippen molar-refractivity contribution in [2.24, 2.45) is 5.73 Å². The molecule has 0 aromatic rings. The topological polar surface area (TPSA) is 43.1 Å². The standard InChI is InChI=1S/C3H4BrNO/c4-3(1-5)2-6/h1-2H,5H2/b3-1-. The molecule has 0 heterocycles. The zero-order valence-corrected chi connectivity index (χ0v) is 4.60. The molecule has 0 saturated heterocycles. The third-order valence-electron chi connectivity index (χ3n) is 0.272. The quantitative estimate of drug-likeness (QED) is 0.433. The van der Waals surface area contributed by atoms with E-state index >= 15 is 0 Å². The third kappa shape index (κ3) is 1.96. The van der Waals surface area contributed by atoms with Gasteiger partial charge in [0.2, 0.25) is 0 Å². The van der Waals surface area contributed by atoms with Crippen LogP contribution in [-0.4, -0.2) is 6.29 Å². The Kier molecular flexibility index (Phi) is 2.75. The lowest BCUT2D eigenvalue weighted by Crippen LogP contribution is -1.80. The fraction of sp³-hybridized carbons (Fsp3) is 0. The predicted octanol–water partition coefficient (Wildman–Crippen LogP) is 0.380. The van der Waals surface area contributed by atoms with Crippen LogP contribution < -0.4 is 5.73 Å². The van der Waals surface area contributed by atoms with Crippen molar-refractivity contribution in [1.29, 1.82) is 0 Å². The molecule has 0 bridgehead atoms. The Morgan fingerprint density at radius 2 is 2.33 bits per heavy atom. The van der Waals surface area contributed by atoms with E-state index in [-0.39, 0.29) is 0 Å². The summed E-state index contributed by atoms with van der Waals surface area (Å²) in [6.45, 7) is 0. The molecule has 0 radical (unpaired) electrons. The Hall–Kier alpha value is -0.310. The molecule has 0 unspecified atom stereocenters. The maximum Gasteiger partial charge on any atom is 0.158 e. The van der Waals surface area contributed by atoms with Gasteiger partial charge in [-0.15, -0.1) is 0 Å². The first kappa shape index (κ1) is 5.69. The number of aldehydes is 1. The van der Waals surface area contributed by atoms with Crippen LogP contribution in [0.4, 0.5) is 0 Å². The molecular formula is C3H4BrNO. The van der Waals surface area contributed by atoms with Crippen LogP contribution in [0.3, 0.4) is 0 Å². The molecule has 0 fully saturated rings. The first-order chi connectivity index (χ1) is 2.81. The largest absolute Gasteiger partial charge is 0.404 e. The second-order valence-electron chi connectivity index (χ2n) is 0.669. The molecule has 0 aliphatic heterocycles. The summed E-state index contributed by atoms with van der Waals surface area (Å²) in [6.07, 6.45) is 1.81. The van der Waals surface area contributed by atoms with E-state index in [1.165, 1.54) is 6.20 Å². The molecule has 34 valence electrons. The molecular weight excluding hydrogens is 146 g/mol. The molecule has 0 aromatic heterocycles. The summed E-state index contributed by atoms with van der Waals surface area (Å²) in [5, 5.41) is 0. The summed E-state index contributed by atoms with van der Waals surface area (Å²) in [7, 11) is 0. The van der Waals surface area contributed by atoms with Crippen molar-refractivity contribution in [3.8, 4) is 0 Å². The Labute approximate surface area is 44.1 Å². The second kappa shape index (κ2) is 2.90. The number of allylic oxidation sites excluding steroid dienone is 1. The molecule has 3 heteroatoms. The molecule has 0 rings (SSSR count). The Bertz CT molecular complexity index is 78.9. The van der Waals surface area contributed by atoms with Crippen LogP contribution in [0.15, 0.2) is 10.7 Å². The monoisotopic (exact) mass is 149 g/mol. The van der Waals surface area contributed by atoms with Crippen LogP contribution in [0.5, 0.6) is 0 Å². The summed E-state index contributed by atoms with van der Waals surface area (Å²) < 4.78 is 0.377. The van der Waals surface area contributed by atoms with Gasteiger partial charge in [-0.05, 0) is 15.9 Å². The van der Waals surface area contributed by atoms with Crippen molar-refractivity contribution in [2.45, 2.75) is 0 Å². The molecule has 0 aromatic carbocycles. The van der Waals surface area contributed by atoms with E-state index in [0.29, 0.717) is 10.8 Å². The average molecular weight is 150 g/mol. The van der Waals surface area contributed by atoms with Crippen molar-refractivity contribution in [3.05, 3.63) is 10.7 Å². The number of hydrogen-bond acceptors (Lipinski definition) is 2. The normalized spacial score (nSPS) is 11.2. The molecule has 0 spiro atoms. The van der Waals surface area contributed by atoms with Gasteiger partial charge >= 0.3 is 0 Å². The van der Waals surface area contributed by atoms with Crippen LogP contribution in [0.2, 0.25) is 0 Å². The van der Waals surface area contributed by atoms with Gasteiger partial charge in [-0.3, -0.25) is 4.79 Å². The Balaban J connectivity index is 3.50. The number of nitrogens with two attached hydrogens (primary N) is 1. The minimum absolute atomic E-state index is 0.377. The van der Waals surface area contributed by atoms with Gasteiger partial charge in [0, 0.05) is 6.20 Å². The maximum atomic E-state index is 9.54. The van der Waals surface area contributed by atoms with Gasteiger partial charge in [-0.25, -0.2) is 0 Å². The van der Waals surface area contributed by atoms with Gasteiger partial charge in [-0.1, -0.05) is 0 Å². The molecule has 0 saturated carbocycles. The van der Waals surface area contributed by atoms with Crippen LogP contribution in [0.25, 0.3) is 0 Å². The fourth-order valence-electron chi connectivity index (χ4n) is 0.0393. The van der Waals surface area contributed by atoms with Gasteiger partial charge in [0.1, 0.15) is 0 Å². The molecule has 0 amide bonds. The molecule has 0 atom stereocenters. The fourth-order valence-corrected chi connectivity index (χ4v) is 0.0393. The third-order valence-corrected chi connectivity index (χ3v) is 0.723. The van der Waals surface area contributed by atoms with Crippen LogP contribution in [0, 0.1) is 0 Å². The second-order valence-corrected chi connectivity index (χ2v) is 1.59. The van der Waals surface area contributed by atoms with E-state index in [4.69, 9.17) is 5.73 Å². The molecule has 6 heavy (non-hydrogen) atoms. The van der Waals surface area contributed by atoms with Crippen molar-refractivity contribution in [3.63, 3.8) is 0 Å². The summed E-state index contributed by atoms with van der Waals surface area (Å²) >= 11 is 2.84. The average Bonchev–Trinajstić information content (AvgIpc) is 1.65. The van der Waals surface area contributed by atoms with Gasteiger partial charge in [0.15, 0.2) is 6.29 Å². The summed E-state index contributed by atoms with van der Waals surface area (Å²) in [4.78, 5) is 9.54. The summed E-state index contributed by atoms with van der Waals surface area (Å²) in [5.41, 5.74) is 4.84. The number of carbonyl (C=O) groups is 1. The van der Waals surface area contributed by atoms with E-state index in [2.05, 4.69) is 15.9 Å². The van der Waals surface area contributed by atoms with E-state index in [1.807, 2.05) is 0 Å². The van der Waals surface area contributed by atoms with Crippen LogP contribution >= 0.6 is 15.9 Å². The van der Waals surface area contributed by atoms with Gasteiger partial charge in [0.05, 0.1) is 4.48 Å². The Morgan fingerprint density at radius 1 is 1.83 bits per heavy atom. The van der Waals surface area contributed by atoms with E-state index in [9.17, 15) is 4.79 Å². The zero-order valence-electron chi connectivity index (χ0n) is 3.02. The van der Waals surface area contributed by atoms with Crippen LogP contribution in [0.1, 0.15) is 0 Å². The Morgan fingerprint density at radius 3 is 2.33 bits per heavy atom. The molecule has 0 aliphatic carbocycles. The maximum absolute atomic E-state index is 9.54. The minimum Gasteiger partial charge on any atom is -0.404 e. The number of rotatable bonds is 1. The first-order valence-corrected chi connectivity index (χ1v) is 2.13. The number of halogens is 1. The predicted molar refractivity (Wildman–Crippen MR) is 27.3 cm³/mol. The zero-order chi connectivity index (χ0) is 4.99. The number of hydrogen-bond donors (Lipinski definition) is 1. The molecule has 2 N–H and O–H groups in total. The highest BCUT2D eigenvalue weighted by molar-refractivity contribution is 9.12. The minimum atomic E-state index is 0.377. The van der Waals surface area contributed by atoms with Crippen molar-refractivity contribution in [2.75, 3.05) is 0 Å². The number of carbonyl (C=O) groups excluding carboxylic acids is 1. The highest BCUT2D eigenvalue weighted by Gasteiger charge is 1.76. The summed E-state index contributed by atoms with van der Waals surface area (Å²) in [6, 6.07) is 0. The highest BCUT2D eigenvalue weighted by atomic mass is 79.9. The lowest BCUT2D eigenvalue weighted by atomic mass is 10.7. The van der Waals surface area contributed by atoms with E-state index in [0.717, 1.165) is 0 Å². The van der Waals surface area contributed by atoms with Gasteiger partial charge in [0.25, 0.3) is 0 Å². The van der Waals surface area contributed by atoms with Gasteiger partial charge < -0.3 is 5.73 Å². The van der Waals surface area contributed by atoms with Crippen molar-refractivity contribution >= 4 is 22.2 Å². The lowest BCUT2D eigenvalue weighted by Gasteiger charge is -1.71. The smallest absolute Gasteiger partial charge is 0.158 e. The van der Waals surface area contributed by atoms with Crippen LogP contribution in [-0.2, 0) is 4.79 Å². The van der Waals surface area contributed by atoms with E-state index in [1.54, 1.807) is 0 Å². The highest BCUT2D eigenvalue weighted by Crippen LogP contribution is 1.93. The molecule has 0 aliphatic rings. The molecule has 2 nitrogen and oxygen atoms in total. The lowest BCUT2D eigenvalue weighted by molar-refractivity contribution is -0.104. The van der Waals surface area contributed by atoms with E-state index < -0.39 is 0 Å². The SMILES string of the molecule is N/C=C(\Br)C=O. The van der Waals surface area contributed by atoms with Gasteiger partial charge in [-0.2, -0.15) is 0 Å². The first-order valence-electron chi connectivity index (χ1n) is 1.34. The van der Waals surface area contributed by atoms with Crippen molar-refractivity contribution in [1.82, 2.24) is 0 Å².